The minimum atomic E-state index is -1.03. The number of rotatable bonds is 9. The van der Waals surface area contributed by atoms with Gasteiger partial charge in [-0.1, -0.05) is 27.7 Å². The maximum absolute atomic E-state index is 12.2. The monoisotopic (exact) mass is 376 g/mol. The maximum atomic E-state index is 12.2. The fourth-order valence-electron chi connectivity index (χ4n) is 2.01. The summed E-state index contributed by atoms with van der Waals surface area (Å²) < 4.78 is 15.9. The topological polar surface area (TPSA) is 97.6 Å². The summed E-state index contributed by atoms with van der Waals surface area (Å²) >= 11 is 0. The lowest BCUT2D eigenvalue weighted by Gasteiger charge is -2.27. The van der Waals surface area contributed by atoms with Crippen molar-refractivity contribution in [2.24, 2.45) is 11.8 Å². The van der Waals surface area contributed by atoms with Crippen molar-refractivity contribution in [3.05, 3.63) is 23.8 Å². The molecule has 1 atom stereocenters. The van der Waals surface area contributed by atoms with E-state index in [1.165, 1.54) is 13.2 Å². The molecular weight excluding hydrogens is 348 g/mol. The van der Waals surface area contributed by atoms with Crippen LogP contribution in [0.4, 0.5) is 0 Å². The van der Waals surface area contributed by atoms with Crippen molar-refractivity contribution < 1.29 is 23.8 Å². The van der Waals surface area contributed by atoms with E-state index in [2.05, 4.69) is 11.4 Å². The zero-order valence-electron chi connectivity index (χ0n) is 16.8. The molecular formula is C20H28N2O5. The summed E-state index contributed by atoms with van der Waals surface area (Å²) in [5.74, 6) is -0.00626. The van der Waals surface area contributed by atoms with E-state index in [1.54, 1.807) is 19.1 Å². The smallest absolute Gasteiger partial charge is 0.338 e. The average molecular weight is 376 g/mol. The van der Waals surface area contributed by atoms with Gasteiger partial charge < -0.3 is 19.5 Å². The molecule has 0 aromatic heterocycles. The van der Waals surface area contributed by atoms with Crippen LogP contribution in [-0.4, -0.2) is 37.7 Å². The Kier molecular flexibility index (Phi) is 8.10. The fourth-order valence-corrected chi connectivity index (χ4v) is 2.01. The molecule has 27 heavy (non-hydrogen) atoms. The zero-order valence-corrected chi connectivity index (χ0v) is 16.8. The first-order valence-electron chi connectivity index (χ1n) is 8.83. The molecule has 0 heterocycles. The number of esters is 1. The molecule has 0 bridgehead atoms. The summed E-state index contributed by atoms with van der Waals surface area (Å²) in [4.78, 5) is 24.2. The van der Waals surface area contributed by atoms with Crippen molar-refractivity contribution >= 4 is 11.9 Å². The van der Waals surface area contributed by atoms with Crippen molar-refractivity contribution in [1.29, 1.82) is 5.26 Å². The Morgan fingerprint density at radius 1 is 1.22 bits per heavy atom. The molecule has 1 aromatic carbocycles. The van der Waals surface area contributed by atoms with Crippen molar-refractivity contribution in [1.82, 2.24) is 5.32 Å². The highest BCUT2D eigenvalue weighted by atomic mass is 16.5. The van der Waals surface area contributed by atoms with Gasteiger partial charge in [0.15, 0.2) is 18.1 Å². The summed E-state index contributed by atoms with van der Waals surface area (Å²) in [6.07, 6.45) is 0. The van der Waals surface area contributed by atoms with Gasteiger partial charge >= 0.3 is 5.97 Å². The SMILES string of the molecule is COc1cc(C(=O)OCC(=O)N[C@@](C)(C#N)C(C)C)ccc1OCC(C)C. The Morgan fingerprint density at radius 2 is 1.89 bits per heavy atom. The fraction of sp³-hybridized carbons (Fsp3) is 0.550. The van der Waals surface area contributed by atoms with E-state index in [9.17, 15) is 14.9 Å². The van der Waals surface area contributed by atoms with Crippen molar-refractivity contribution in [3.63, 3.8) is 0 Å². The molecule has 0 radical (unpaired) electrons. The third-order valence-electron chi connectivity index (χ3n) is 4.09. The maximum Gasteiger partial charge on any atom is 0.338 e. The summed E-state index contributed by atoms with van der Waals surface area (Å²) in [6.45, 7) is 9.37. The largest absolute Gasteiger partial charge is 0.493 e. The van der Waals surface area contributed by atoms with E-state index in [-0.39, 0.29) is 11.5 Å². The summed E-state index contributed by atoms with van der Waals surface area (Å²) in [7, 11) is 1.48. The Bertz CT molecular complexity index is 709. The zero-order chi connectivity index (χ0) is 20.6. The molecule has 0 fully saturated rings. The highest BCUT2D eigenvalue weighted by Crippen LogP contribution is 2.28. The number of amides is 1. The molecule has 0 aliphatic heterocycles. The second-order valence-corrected chi connectivity index (χ2v) is 7.16. The Morgan fingerprint density at radius 3 is 2.41 bits per heavy atom. The lowest BCUT2D eigenvalue weighted by molar-refractivity contribution is -0.125. The van der Waals surface area contributed by atoms with Crippen LogP contribution < -0.4 is 14.8 Å². The average Bonchev–Trinajstić information content (AvgIpc) is 2.63. The van der Waals surface area contributed by atoms with Gasteiger partial charge in [-0.2, -0.15) is 5.26 Å². The second-order valence-electron chi connectivity index (χ2n) is 7.16. The molecule has 0 spiro atoms. The summed E-state index contributed by atoms with van der Waals surface area (Å²) in [5, 5.41) is 11.8. The van der Waals surface area contributed by atoms with Crippen LogP contribution in [0.3, 0.4) is 0 Å². The predicted octanol–water partition coefficient (Wildman–Crippen LogP) is 2.94. The van der Waals surface area contributed by atoms with Gasteiger partial charge in [0, 0.05) is 0 Å². The number of ether oxygens (including phenoxy) is 3. The lowest BCUT2D eigenvalue weighted by atomic mass is 9.90. The van der Waals surface area contributed by atoms with E-state index >= 15 is 0 Å². The molecule has 0 saturated carbocycles. The molecule has 1 amide bonds. The molecule has 148 valence electrons. The number of nitriles is 1. The van der Waals surface area contributed by atoms with Gasteiger partial charge in [0.2, 0.25) is 0 Å². The van der Waals surface area contributed by atoms with Crippen LogP contribution in [0, 0.1) is 23.2 Å². The standard InChI is InChI=1S/C20H28N2O5/c1-13(2)10-26-16-8-7-15(9-17(16)25-6)19(24)27-11-18(23)22-20(5,12-21)14(3)4/h7-9,13-14H,10-11H2,1-6H3,(H,22,23)/t20-/m0/s1. The molecule has 7 heteroatoms. The van der Waals surface area contributed by atoms with E-state index < -0.39 is 24.0 Å². The van der Waals surface area contributed by atoms with Gasteiger partial charge in [-0.15, -0.1) is 0 Å². The van der Waals surface area contributed by atoms with Gasteiger partial charge in [0.05, 0.1) is 25.3 Å². The first kappa shape index (κ1) is 22.3. The molecule has 1 rings (SSSR count). The Labute approximate surface area is 160 Å². The minimum Gasteiger partial charge on any atom is -0.493 e. The first-order valence-corrected chi connectivity index (χ1v) is 8.83. The minimum absolute atomic E-state index is 0.0928. The lowest BCUT2D eigenvalue weighted by Crippen LogP contribution is -2.50. The number of hydrogen-bond acceptors (Lipinski definition) is 6. The summed E-state index contributed by atoms with van der Waals surface area (Å²) in [6, 6.07) is 6.75. The van der Waals surface area contributed by atoms with Crippen LogP contribution >= 0.6 is 0 Å². The molecule has 0 unspecified atom stereocenters. The number of carbonyl (C=O) groups is 2. The number of nitrogens with one attached hydrogen (secondary N) is 1. The van der Waals surface area contributed by atoms with E-state index in [0.717, 1.165) is 0 Å². The van der Waals surface area contributed by atoms with Gasteiger partial charge in [0.1, 0.15) is 5.54 Å². The molecule has 1 N–H and O–H groups in total. The van der Waals surface area contributed by atoms with Gasteiger partial charge in [-0.25, -0.2) is 4.79 Å². The molecule has 7 nitrogen and oxygen atoms in total. The van der Waals surface area contributed by atoms with E-state index in [1.807, 2.05) is 27.7 Å². The predicted molar refractivity (Wildman–Crippen MR) is 101 cm³/mol. The van der Waals surface area contributed by atoms with Crippen LogP contribution in [0.25, 0.3) is 0 Å². The van der Waals surface area contributed by atoms with Crippen LogP contribution in [-0.2, 0) is 9.53 Å². The third-order valence-corrected chi connectivity index (χ3v) is 4.09. The molecule has 0 aliphatic rings. The molecule has 0 aliphatic carbocycles. The Hall–Kier alpha value is -2.75. The van der Waals surface area contributed by atoms with Gasteiger partial charge in [-0.05, 0) is 37.0 Å². The Balaban J connectivity index is 2.72. The third kappa shape index (κ3) is 6.48. The van der Waals surface area contributed by atoms with Crippen molar-refractivity contribution in [2.75, 3.05) is 20.3 Å². The van der Waals surface area contributed by atoms with Crippen LogP contribution in [0.5, 0.6) is 11.5 Å². The normalized spacial score (nSPS) is 12.9. The number of nitrogens with zero attached hydrogens (tertiary/aromatic N) is 1. The summed E-state index contributed by atoms with van der Waals surface area (Å²) in [5.41, 5.74) is -0.786. The number of hydrogen-bond donors (Lipinski definition) is 1. The number of carbonyl (C=O) groups excluding carboxylic acids is 2. The number of methoxy groups -OCH3 is 1. The van der Waals surface area contributed by atoms with Crippen LogP contribution in [0.1, 0.15) is 45.0 Å². The first-order chi connectivity index (χ1) is 12.6. The van der Waals surface area contributed by atoms with E-state index in [0.29, 0.717) is 24.0 Å². The number of benzene rings is 1. The quantitative estimate of drug-likeness (QED) is 0.666. The molecule has 1 aromatic rings. The highest BCUT2D eigenvalue weighted by molar-refractivity contribution is 5.92. The van der Waals surface area contributed by atoms with E-state index in [4.69, 9.17) is 14.2 Å². The van der Waals surface area contributed by atoms with Crippen LogP contribution in [0.15, 0.2) is 18.2 Å². The van der Waals surface area contributed by atoms with Gasteiger partial charge in [0.25, 0.3) is 5.91 Å². The van der Waals surface area contributed by atoms with Gasteiger partial charge in [-0.3, -0.25) is 4.79 Å². The molecule has 0 saturated heterocycles. The van der Waals surface area contributed by atoms with Crippen LogP contribution in [0.2, 0.25) is 0 Å². The highest BCUT2D eigenvalue weighted by Gasteiger charge is 2.30. The van der Waals surface area contributed by atoms with Crippen molar-refractivity contribution in [2.45, 2.75) is 40.2 Å². The second kappa shape index (κ2) is 9.81. The van der Waals surface area contributed by atoms with Crippen molar-refractivity contribution in [3.8, 4) is 17.6 Å².